The van der Waals surface area contributed by atoms with E-state index < -0.39 is 17.5 Å². The Labute approximate surface area is 128 Å². The van der Waals surface area contributed by atoms with Crippen molar-refractivity contribution in [3.63, 3.8) is 0 Å². The summed E-state index contributed by atoms with van der Waals surface area (Å²) in [6.07, 6.45) is 1.21. The zero-order valence-electron chi connectivity index (χ0n) is 12.6. The molecule has 2 N–H and O–H groups in total. The lowest BCUT2D eigenvalue weighted by atomic mass is 9.87. The summed E-state index contributed by atoms with van der Waals surface area (Å²) in [4.78, 5) is 36.9. The zero-order chi connectivity index (χ0) is 15.9. The molecule has 1 saturated heterocycles. The van der Waals surface area contributed by atoms with Crippen molar-refractivity contribution < 1.29 is 14.4 Å². The van der Waals surface area contributed by atoms with Gasteiger partial charge >= 0.3 is 6.03 Å². The molecular weight excluding hydrogens is 282 g/mol. The lowest BCUT2D eigenvalue weighted by Crippen LogP contribution is -2.49. The molecule has 0 aromatic heterocycles. The Kier molecular flexibility index (Phi) is 3.39. The quantitative estimate of drug-likeness (QED) is 0.828. The van der Waals surface area contributed by atoms with Crippen molar-refractivity contribution in [2.24, 2.45) is 11.8 Å². The van der Waals surface area contributed by atoms with Gasteiger partial charge in [-0.05, 0) is 24.3 Å². The van der Waals surface area contributed by atoms with Gasteiger partial charge in [-0.15, -0.1) is 0 Å². The summed E-state index contributed by atoms with van der Waals surface area (Å²) in [5.41, 5.74) is 2.07. The molecule has 22 heavy (non-hydrogen) atoms. The number of imide groups is 1. The highest BCUT2D eigenvalue weighted by Crippen LogP contribution is 2.38. The van der Waals surface area contributed by atoms with Gasteiger partial charge in [-0.25, -0.2) is 4.79 Å². The molecule has 116 valence electrons. The molecule has 0 unspecified atom stereocenters. The van der Waals surface area contributed by atoms with Crippen molar-refractivity contribution in [3.8, 4) is 0 Å². The Hall–Kier alpha value is -2.37. The van der Waals surface area contributed by atoms with Crippen LogP contribution in [0, 0.1) is 11.8 Å². The van der Waals surface area contributed by atoms with Crippen LogP contribution in [0.4, 0.5) is 4.79 Å². The number of hydrogen-bond acceptors (Lipinski definition) is 3. The summed E-state index contributed by atoms with van der Waals surface area (Å²) in [5, 5.41) is 3.56. The zero-order valence-corrected chi connectivity index (χ0v) is 12.6. The number of carbonyl (C=O) groups is 3. The monoisotopic (exact) mass is 301 g/mol. The van der Waals surface area contributed by atoms with Gasteiger partial charge in [0.1, 0.15) is 5.54 Å². The normalized spacial score (nSPS) is 30.2. The Balaban J connectivity index is 1.85. The predicted octanol–water partition coefficient (Wildman–Crippen LogP) is 1.53. The van der Waals surface area contributed by atoms with E-state index in [1.807, 2.05) is 32.0 Å². The molecule has 0 spiro atoms. The number of carbonyl (C=O) groups excluding carboxylic acids is 3. The van der Waals surface area contributed by atoms with Crippen LogP contribution in [0.15, 0.2) is 30.3 Å². The minimum Gasteiger partial charge on any atom is -0.318 e. The highest BCUT2D eigenvalue weighted by atomic mass is 16.2. The molecular formula is C16H19N3O3. The first-order chi connectivity index (χ1) is 10.5. The Bertz CT molecular complexity index is 631. The van der Waals surface area contributed by atoms with Crippen LogP contribution in [0.1, 0.15) is 32.3 Å². The van der Waals surface area contributed by atoms with Gasteiger partial charge in [0.05, 0.1) is 0 Å². The second-order valence-corrected chi connectivity index (χ2v) is 5.99. The van der Waals surface area contributed by atoms with Crippen molar-refractivity contribution in [2.75, 3.05) is 0 Å². The molecule has 1 aromatic carbocycles. The van der Waals surface area contributed by atoms with Gasteiger partial charge in [0.25, 0.3) is 5.91 Å². The fourth-order valence-corrected chi connectivity index (χ4v) is 2.92. The van der Waals surface area contributed by atoms with Crippen LogP contribution in [-0.4, -0.2) is 22.9 Å². The lowest BCUT2D eigenvalue weighted by Gasteiger charge is -2.25. The van der Waals surface area contributed by atoms with Gasteiger partial charge in [0, 0.05) is 5.92 Å². The summed E-state index contributed by atoms with van der Waals surface area (Å²) in [7, 11) is 0. The maximum atomic E-state index is 12.8. The van der Waals surface area contributed by atoms with Gasteiger partial charge < -0.3 is 5.32 Å². The first kappa shape index (κ1) is 14.6. The average molecular weight is 301 g/mol. The number of urea groups is 1. The summed E-state index contributed by atoms with van der Waals surface area (Å²) < 4.78 is 0. The Morgan fingerprint density at radius 3 is 2.55 bits per heavy atom. The number of nitrogens with zero attached hydrogens (tertiary/aromatic N) is 1. The standard InChI is InChI=1S/C16H19N3O3/c1-3-16(11-7-5-4-6-8-11)14(21)19(15(22)17-16)18-13(20)12-9-10(12)2/h4-8,10,12H,3,9H2,1-2H3,(H,17,22)(H,18,20)/t10-,12-,16-/m1/s1. The van der Waals surface area contributed by atoms with Crippen LogP contribution >= 0.6 is 0 Å². The highest BCUT2D eigenvalue weighted by Gasteiger charge is 2.53. The fourth-order valence-electron chi connectivity index (χ4n) is 2.92. The maximum absolute atomic E-state index is 12.8. The summed E-state index contributed by atoms with van der Waals surface area (Å²) in [6, 6.07) is 8.50. The molecule has 1 saturated carbocycles. The molecule has 0 bridgehead atoms. The fraction of sp³-hybridized carbons (Fsp3) is 0.438. The Morgan fingerprint density at radius 2 is 2.00 bits per heavy atom. The Morgan fingerprint density at radius 1 is 1.36 bits per heavy atom. The van der Waals surface area contributed by atoms with E-state index in [9.17, 15) is 14.4 Å². The predicted molar refractivity (Wildman–Crippen MR) is 79.2 cm³/mol. The van der Waals surface area contributed by atoms with Crippen molar-refractivity contribution in [1.29, 1.82) is 0 Å². The number of nitrogens with one attached hydrogen (secondary N) is 2. The first-order valence-corrected chi connectivity index (χ1v) is 7.52. The molecule has 1 aromatic rings. The van der Waals surface area contributed by atoms with E-state index in [0.717, 1.165) is 11.4 Å². The molecule has 2 fully saturated rings. The van der Waals surface area contributed by atoms with Crippen molar-refractivity contribution in [3.05, 3.63) is 35.9 Å². The van der Waals surface area contributed by atoms with E-state index >= 15 is 0 Å². The second kappa shape index (κ2) is 5.12. The largest absolute Gasteiger partial charge is 0.344 e. The minimum atomic E-state index is -1.11. The van der Waals surface area contributed by atoms with Gasteiger partial charge in [-0.2, -0.15) is 5.01 Å². The maximum Gasteiger partial charge on any atom is 0.344 e. The molecule has 2 aliphatic rings. The van der Waals surface area contributed by atoms with Crippen molar-refractivity contribution in [2.45, 2.75) is 32.2 Å². The average Bonchev–Trinajstić information content (AvgIpc) is 3.21. The van der Waals surface area contributed by atoms with Crippen LogP contribution in [-0.2, 0) is 15.1 Å². The molecule has 4 amide bonds. The van der Waals surface area contributed by atoms with E-state index in [1.165, 1.54) is 0 Å². The number of rotatable bonds is 4. The van der Waals surface area contributed by atoms with Gasteiger partial charge in [-0.1, -0.05) is 44.2 Å². The molecule has 3 atom stereocenters. The van der Waals surface area contributed by atoms with Gasteiger partial charge in [0.2, 0.25) is 5.91 Å². The van der Waals surface area contributed by atoms with Crippen LogP contribution in [0.2, 0.25) is 0 Å². The second-order valence-electron chi connectivity index (χ2n) is 5.99. The van der Waals surface area contributed by atoms with Crippen LogP contribution in [0.5, 0.6) is 0 Å². The third kappa shape index (κ3) is 2.15. The molecule has 6 nitrogen and oxygen atoms in total. The van der Waals surface area contributed by atoms with Crippen LogP contribution in [0.3, 0.4) is 0 Å². The van der Waals surface area contributed by atoms with E-state index in [0.29, 0.717) is 17.9 Å². The third-order valence-electron chi connectivity index (χ3n) is 4.56. The van der Waals surface area contributed by atoms with E-state index in [2.05, 4.69) is 10.7 Å². The SMILES string of the molecule is CC[C@]1(c2ccccc2)NC(=O)N(NC(=O)[C@@H]2C[C@H]2C)C1=O. The smallest absolute Gasteiger partial charge is 0.318 e. The molecule has 3 rings (SSSR count). The number of amides is 4. The number of benzene rings is 1. The third-order valence-corrected chi connectivity index (χ3v) is 4.56. The summed E-state index contributed by atoms with van der Waals surface area (Å²) in [5.74, 6) is -0.497. The molecule has 1 aliphatic carbocycles. The topological polar surface area (TPSA) is 78.5 Å². The van der Waals surface area contributed by atoms with Gasteiger partial charge in [0.15, 0.2) is 0 Å². The van der Waals surface area contributed by atoms with E-state index in [1.54, 1.807) is 12.1 Å². The van der Waals surface area contributed by atoms with Crippen LogP contribution < -0.4 is 10.7 Å². The summed E-state index contributed by atoms with van der Waals surface area (Å²) in [6.45, 7) is 3.80. The first-order valence-electron chi connectivity index (χ1n) is 7.52. The van der Waals surface area contributed by atoms with Crippen LogP contribution in [0.25, 0.3) is 0 Å². The summed E-state index contributed by atoms with van der Waals surface area (Å²) >= 11 is 0. The van der Waals surface area contributed by atoms with Gasteiger partial charge in [-0.3, -0.25) is 15.0 Å². The van der Waals surface area contributed by atoms with E-state index in [-0.39, 0.29) is 11.8 Å². The number of hydrazine groups is 1. The van der Waals surface area contributed by atoms with E-state index in [4.69, 9.17) is 0 Å². The number of hydrogen-bond donors (Lipinski definition) is 2. The minimum absolute atomic E-state index is 0.103. The van der Waals surface area contributed by atoms with Crippen molar-refractivity contribution >= 4 is 17.8 Å². The molecule has 1 aliphatic heterocycles. The lowest BCUT2D eigenvalue weighted by molar-refractivity contribution is -0.140. The molecule has 1 heterocycles. The van der Waals surface area contributed by atoms with Crippen molar-refractivity contribution in [1.82, 2.24) is 15.8 Å². The molecule has 6 heteroatoms. The highest BCUT2D eigenvalue weighted by molar-refractivity contribution is 6.08. The molecule has 0 radical (unpaired) electrons.